The minimum Gasteiger partial charge on any atom is -0.423 e. The number of hydrogen-bond acceptors (Lipinski definition) is 3. The van der Waals surface area contributed by atoms with Crippen molar-refractivity contribution in [3.05, 3.63) is 23.8 Å². The van der Waals surface area contributed by atoms with E-state index in [9.17, 15) is 4.79 Å². The van der Waals surface area contributed by atoms with Gasteiger partial charge in [0.2, 0.25) is 5.91 Å². The molecule has 1 aliphatic rings. The molecule has 0 spiro atoms. The van der Waals surface area contributed by atoms with Crippen LogP contribution in [0.2, 0.25) is 0 Å². The molecule has 1 heterocycles. The van der Waals surface area contributed by atoms with Crippen LogP contribution < -0.4 is 10.4 Å². The summed E-state index contributed by atoms with van der Waals surface area (Å²) in [6.07, 6.45) is 1.49. The molecular formula is C11H14BNO3. The topological polar surface area (TPSA) is 60.8 Å². The summed E-state index contributed by atoms with van der Waals surface area (Å²) in [5.41, 5.74) is 2.10. The molecule has 0 unspecified atom stereocenters. The summed E-state index contributed by atoms with van der Waals surface area (Å²) in [5, 5.41) is 18.2. The lowest BCUT2D eigenvalue weighted by molar-refractivity contribution is -0.117. The van der Waals surface area contributed by atoms with Gasteiger partial charge in [-0.2, -0.15) is 0 Å². The zero-order valence-electron chi connectivity index (χ0n) is 9.18. The van der Waals surface area contributed by atoms with E-state index in [1.54, 1.807) is 24.0 Å². The second kappa shape index (κ2) is 4.27. The van der Waals surface area contributed by atoms with Crippen LogP contribution in [0.1, 0.15) is 18.4 Å². The maximum Gasteiger partial charge on any atom is 0.488 e. The molecule has 0 aliphatic carbocycles. The second-order valence-electron chi connectivity index (χ2n) is 4.06. The van der Waals surface area contributed by atoms with Gasteiger partial charge in [-0.25, -0.2) is 0 Å². The van der Waals surface area contributed by atoms with Gasteiger partial charge in [0.05, 0.1) is 0 Å². The Morgan fingerprint density at radius 2 is 2.12 bits per heavy atom. The average Bonchev–Trinajstić information content (AvgIpc) is 2.63. The Kier molecular flexibility index (Phi) is 2.98. The summed E-state index contributed by atoms with van der Waals surface area (Å²) < 4.78 is 0. The lowest BCUT2D eigenvalue weighted by atomic mass is 9.77. The van der Waals surface area contributed by atoms with E-state index in [4.69, 9.17) is 10.0 Å². The van der Waals surface area contributed by atoms with Gasteiger partial charge in [-0.3, -0.25) is 4.79 Å². The van der Waals surface area contributed by atoms with Gasteiger partial charge in [-0.1, -0.05) is 6.07 Å². The SMILES string of the molecule is Cc1cc(N2CCCC2=O)ccc1B(O)O. The van der Waals surface area contributed by atoms with E-state index in [0.717, 1.165) is 24.2 Å². The largest absolute Gasteiger partial charge is 0.488 e. The Bertz CT molecular complexity index is 420. The molecule has 0 bridgehead atoms. The van der Waals surface area contributed by atoms with Gasteiger partial charge in [-0.05, 0) is 36.5 Å². The van der Waals surface area contributed by atoms with Crippen LogP contribution in [0.3, 0.4) is 0 Å². The summed E-state index contributed by atoms with van der Waals surface area (Å²) in [6, 6.07) is 5.23. The Hall–Kier alpha value is -1.33. The summed E-state index contributed by atoms with van der Waals surface area (Å²) >= 11 is 0. The molecule has 0 aromatic heterocycles. The van der Waals surface area contributed by atoms with E-state index in [0.29, 0.717) is 11.9 Å². The van der Waals surface area contributed by atoms with Crippen LogP contribution >= 0.6 is 0 Å². The lowest BCUT2D eigenvalue weighted by Gasteiger charge is -2.17. The third kappa shape index (κ3) is 1.96. The van der Waals surface area contributed by atoms with Crippen molar-refractivity contribution in [2.24, 2.45) is 0 Å². The van der Waals surface area contributed by atoms with Crippen molar-refractivity contribution in [1.82, 2.24) is 0 Å². The molecule has 2 rings (SSSR count). The number of nitrogens with zero attached hydrogens (tertiary/aromatic N) is 1. The maximum absolute atomic E-state index is 11.5. The molecule has 2 N–H and O–H groups in total. The molecule has 0 saturated carbocycles. The molecule has 84 valence electrons. The standard InChI is InChI=1S/C11H14BNO3/c1-8-7-9(4-5-10(8)12(15)16)13-6-2-3-11(13)14/h4-5,7,15-16H,2-3,6H2,1H3. The van der Waals surface area contributed by atoms with Gasteiger partial charge in [-0.15, -0.1) is 0 Å². The minimum atomic E-state index is -1.46. The molecule has 1 amide bonds. The van der Waals surface area contributed by atoms with Gasteiger partial charge in [0.25, 0.3) is 0 Å². The highest BCUT2D eigenvalue weighted by atomic mass is 16.4. The molecule has 1 aromatic carbocycles. The van der Waals surface area contributed by atoms with E-state index in [1.807, 2.05) is 6.07 Å². The first kappa shape index (κ1) is 11.2. The number of rotatable bonds is 2. The van der Waals surface area contributed by atoms with E-state index in [-0.39, 0.29) is 5.91 Å². The van der Waals surface area contributed by atoms with Gasteiger partial charge < -0.3 is 14.9 Å². The van der Waals surface area contributed by atoms with Gasteiger partial charge in [0.15, 0.2) is 0 Å². The number of aryl methyl sites for hydroxylation is 1. The van der Waals surface area contributed by atoms with Gasteiger partial charge >= 0.3 is 7.12 Å². The van der Waals surface area contributed by atoms with Crippen LogP contribution in [-0.2, 0) is 4.79 Å². The fourth-order valence-corrected chi connectivity index (χ4v) is 2.04. The van der Waals surface area contributed by atoms with E-state index < -0.39 is 7.12 Å². The molecule has 1 aliphatic heterocycles. The van der Waals surface area contributed by atoms with Crippen molar-refractivity contribution in [1.29, 1.82) is 0 Å². The third-order valence-electron chi connectivity index (χ3n) is 2.92. The lowest BCUT2D eigenvalue weighted by Crippen LogP contribution is -2.33. The summed E-state index contributed by atoms with van der Waals surface area (Å²) in [6.45, 7) is 2.55. The fourth-order valence-electron chi connectivity index (χ4n) is 2.04. The van der Waals surface area contributed by atoms with Crippen molar-refractivity contribution < 1.29 is 14.8 Å². The maximum atomic E-state index is 11.5. The summed E-state index contributed by atoms with van der Waals surface area (Å²) in [5.74, 6) is 0.136. The normalized spacial score (nSPS) is 15.7. The number of anilines is 1. The number of hydrogen-bond donors (Lipinski definition) is 2. The fraction of sp³-hybridized carbons (Fsp3) is 0.364. The predicted octanol–water partition coefficient (Wildman–Crippen LogP) is -0.198. The quantitative estimate of drug-likeness (QED) is 0.677. The highest BCUT2D eigenvalue weighted by molar-refractivity contribution is 6.59. The molecule has 16 heavy (non-hydrogen) atoms. The van der Waals surface area contributed by atoms with Crippen molar-refractivity contribution in [3.8, 4) is 0 Å². The highest BCUT2D eigenvalue weighted by Gasteiger charge is 2.23. The van der Waals surface area contributed by atoms with Gasteiger partial charge in [0, 0.05) is 18.7 Å². The first-order valence-corrected chi connectivity index (χ1v) is 5.36. The molecule has 5 heteroatoms. The van der Waals surface area contributed by atoms with Crippen LogP contribution in [0.5, 0.6) is 0 Å². The van der Waals surface area contributed by atoms with Crippen LogP contribution in [0, 0.1) is 6.92 Å². The van der Waals surface area contributed by atoms with Gasteiger partial charge in [0.1, 0.15) is 0 Å². The Morgan fingerprint density at radius 1 is 1.38 bits per heavy atom. The number of carbonyl (C=O) groups is 1. The van der Waals surface area contributed by atoms with Crippen LogP contribution in [0.25, 0.3) is 0 Å². The Balaban J connectivity index is 2.30. The summed E-state index contributed by atoms with van der Waals surface area (Å²) in [7, 11) is -1.46. The molecular weight excluding hydrogens is 205 g/mol. The van der Waals surface area contributed by atoms with Crippen molar-refractivity contribution in [2.45, 2.75) is 19.8 Å². The molecule has 1 aromatic rings. The highest BCUT2D eigenvalue weighted by Crippen LogP contribution is 2.21. The first-order chi connectivity index (χ1) is 7.59. The first-order valence-electron chi connectivity index (χ1n) is 5.36. The van der Waals surface area contributed by atoms with E-state index >= 15 is 0 Å². The van der Waals surface area contributed by atoms with E-state index in [1.165, 1.54) is 0 Å². The van der Waals surface area contributed by atoms with Crippen molar-refractivity contribution in [3.63, 3.8) is 0 Å². The van der Waals surface area contributed by atoms with Crippen LogP contribution in [0.4, 0.5) is 5.69 Å². The average molecular weight is 219 g/mol. The molecule has 4 nitrogen and oxygen atoms in total. The monoisotopic (exact) mass is 219 g/mol. The zero-order chi connectivity index (χ0) is 11.7. The third-order valence-corrected chi connectivity index (χ3v) is 2.92. The smallest absolute Gasteiger partial charge is 0.423 e. The molecule has 0 atom stereocenters. The minimum absolute atomic E-state index is 0.136. The molecule has 1 fully saturated rings. The summed E-state index contributed by atoms with van der Waals surface area (Å²) in [4.78, 5) is 13.3. The van der Waals surface area contributed by atoms with Crippen LogP contribution in [0.15, 0.2) is 18.2 Å². The second-order valence-corrected chi connectivity index (χ2v) is 4.06. The molecule has 1 saturated heterocycles. The Morgan fingerprint density at radius 3 is 2.62 bits per heavy atom. The number of benzene rings is 1. The molecule has 0 radical (unpaired) electrons. The zero-order valence-corrected chi connectivity index (χ0v) is 9.18. The number of amides is 1. The number of carbonyl (C=O) groups excluding carboxylic acids is 1. The van der Waals surface area contributed by atoms with E-state index in [2.05, 4.69) is 0 Å². The Labute approximate surface area is 94.7 Å². The van der Waals surface area contributed by atoms with Crippen LogP contribution in [-0.4, -0.2) is 29.6 Å². The van der Waals surface area contributed by atoms with Crippen molar-refractivity contribution >= 4 is 24.2 Å². The van der Waals surface area contributed by atoms with Crippen molar-refractivity contribution in [2.75, 3.05) is 11.4 Å². The predicted molar refractivity (Wildman–Crippen MR) is 62.6 cm³/mol.